The third-order valence-corrected chi connectivity index (χ3v) is 4.78. The number of rotatable bonds is 4. The molecule has 0 saturated carbocycles. The first-order valence-electron chi connectivity index (χ1n) is 6.13. The van der Waals surface area contributed by atoms with Gasteiger partial charge in [0.25, 0.3) is 0 Å². The van der Waals surface area contributed by atoms with Gasteiger partial charge in [0, 0.05) is 28.8 Å². The summed E-state index contributed by atoms with van der Waals surface area (Å²) >= 11 is 8.44. The SMILES string of the molecule is CNC(Cc1cc(C)nn1C)c1ccc(I)c(Cl)c1. The van der Waals surface area contributed by atoms with Crippen LogP contribution in [0.3, 0.4) is 0 Å². The van der Waals surface area contributed by atoms with E-state index in [1.54, 1.807) is 0 Å². The van der Waals surface area contributed by atoms with Crippen LogP contribution in [0.1, 0.15) is 23.0 Å². The van der Waals surface area contributed by atoms with Gasteiger partial charge in [0.05, 0.1) is 10.7 Å². The first-order valence-corrected chi connectivity index (χ1v) is 7.58. The lowest BCUT2D eigenvalue weighted by Gasteiger charge is -2.17. The van der Waals surface area contributed by atoms with E-state index in [4.69, 9.17) is 11.6 Å². The van der Waals surface area contributed by atoms with E-state index in [1.165, 1.54) is 11.3 Å². The molecule has 102 valence electrons. The molecule has 0 spiro atoms. The molecule has 0 radical (unpaired) electrons. The van der Waals surface area contributed by atoms with Gasteiger partial charge in [-0.25, -0.2) is 0 Å². The smallest absolute Gasteiger partial charge is 0.0596 e. The van der Waals surface area contributed by atoms with Crippen LogP contribution in [0.25, 0.3) is 0 Å². The topological polar surface area (TPSA) is 29.9 Å². The molecule has 0 aliphatic heterocycles. The second kappa shape index (κ2) is 6.24. The molecule has 0 aliphatic rings. The molecule has 1 heterocycles. The van der Waals surface area contributed by atoms with Gasteiger partial charge in [-0.2, -0.15) is 5.10 Å². The van der Waals surface area contributed by atoms with Crippen LogP contribution in [0.2, 0.25) is 5.02 Å². The molecule has 19 heavy (non-hydrogen) atoms. The first-order chi connectivity index (χ1) is 9.01. The summed E-state index contributed by atoms with van der Waals surface area (Å²) in [5, 5.41) is 8.54. The van der Waals surface area contributed by atoms with E-state index >= 15 is 0 Å². The molecule has 0 saturated heterocycles. The summed E-state index contributed by atoms with van der Waals surface area (Å²) in [6, 6.07) is 8.57. The number of aromatic nitrogens is 2. The third kappa shape index (κ3) is 3.49. The fraction of sp³-hybridized carbons (Fsp3) is 0.357. The van der Waals surface area contributed by atoms with Gasteiger partial charge in [0.1, 0.15) is 0 Å². The van der Waals surface area contributed by atoms with Gasteiger partial charge >= 0.3 is 0 Å². The second-order valence-electron chi connectivity index (χ2n) is 4.62. The van der Waals surface area contributed by atoms with Crippen molar-refractivity contribution in [3.05, 3.63) is 49.8 Å². The van der Waals surface area contributed by atoms with Gasteiger partial charge in [0.15, 0.2) is 0 Å². The fourth-order valence-corrected chi connectivity index (χ4v) is 2.70. The molecule has 1 aromatic heterocycles. The van der Waals surface area contributed by atoms with Gasteiger partial charge in [-0.3, -0.25) is 4.68 Å². The van der Waals surface area contributed by atoms with Crippen molar-refractivity contribution in [1.82, 2.24) is 15.1 Å². The van der Waals surface area contributed by atoms with E-state index < -0.39 is 0 Å². The zero-order valence-corrected chi connectivity index (χ0v) is 14.2. The molecule has 3 nitrogen and oxygen atoms in total. The van der Waals surface area contributed by atoms with Crippen molar-refractivity contribution in [2.75, 3.05) is 7.05 Å². The Morgan fingerprint density at radius 1 is 1.42 bits per heavy atom. The Kier molecular flexibility index (Phi) is 4.86. The highest BCUT2D eigenvalue weighted by atomic mass is 127. The van der Waals surface area contributed by atoms with Crippen LogP contribution < -0.4 is 5.32 Å². The summed E-state index contributed by atoms with van der Waals surface area (Å²) in [5.74, 6) is 0. The number of aryl methyl sites for hydroxylation is 2. The molecule has 1 aromatic carbocycles. The largest absolute Gasteiger partial charge is 0.313 e. The average molecular weight is 390 g/mol. The minimum Gasteiger partial charge on any atom is -0.313 e. The molecule has 2 rings (SSSR count). The molecular formula is C14H17ClIN3. The summed E-state index contributed by atoms with van der Waals surface area (Å²) in [6.07, 6.45) is 0.894. The highest BCUT2D eigenvalue weighted by Gasteiger charge is 2.14. The highest BCUT2D eigenvalue weighted by molar-refractivity contribution is 14.1. The minimum atomic E-state index is 0.240. The van der Waals surface area contributed by atoms with Gasteiger partial charge < -0.3 is 5.32 Å². The van der Waals surface area contributed by atoms with Crippen LogP contribution in [-0.4, -0.2) is 16.8 Å². The number of likely N-dealkylation sites (N-methyl/N-ethyl adjacent to an activating group) is 1. The Balaban J connectivity index is 2.24. The Labute approximate surface area is 132 Å². The summed E-state index contributed by atoms with van der Waals surface area (Å²) < 4.78 is 3.02. The molecular weight excluding hydrogens is 373 g/mol. The molecule has 1 unspecified atom stereocenters. The molecule has 0 bridgehead atoms. The van der Waals surface area contributed by atoms with E-state index in [0.29, 0.717) is 0 Å². The molecule has 0 amide bonds. The summed E-state index contributed by atoms with van der Waals surface area (Å²) in [7, 11) is 3.95. The predicted octanol–water partition coefficient (Wildman–Crippen LogP) is 3.49. The quantitative estimate of drug-likeness (QED) is 0.811. The Morgan fingerprint density at radius 2 is 2.16 bits per heavy atom. The molecule has 0 fully saturated rings. The van der Waals surface area contributed by atoms with Crippen LogP contribution in [0.15, 0.2) is 24.3 Å². The van der Waals surface area contributed by atoms with Crippen molar-refractivity contribution < 1.29 is 0 Å². The zero-order chi connectivity index (χ0) is 14.0. The van der Waals surface area contributed by atoms with Crippen LogP contribution in [0.4, 0.5) is 0 Å². The summed E-state index contributed by atoms with van der Waals surface area (Å²) in [5.41, 5.74) is 3.46. The monoisotopic (exact) mass is 389 g/mol. The Morgan fingerprint density at radius 3 is 2.68 bits per heavy atom. The lowest BCUT2D eigenvalue weighted by molar-refractivity contribution is 0.561. The zero-order valence-electron chi connectivity index (χ0n) is 11.2. The number of nitrogens with one attached hydrogen (secondary N) is 1. The van der Waals surface area contributed by atoms with Crippen molar-refractivity contribution in [2.45, 2.75) is 19.4 Å². The van der Waals surface area contributed by atoms with Crippen LogP contribution in [0.5, 0.6) is 0 Å². The average Bonchev–Trinajstić information content (AvgIpc) is 2.68. The predicted molar refractivity (Wildman–Crippen MR) is 87.6 cm³/mol. The van der Waals surface area contributed by atoms with Crippen molar-refractivity contribution >= 4 is 34.2 Å². The van der Waals surface area contributed by atoms with E-state index in [2.05, 4.69) is 51.2 Å². The fourth-order valence-electron chi connectivity index (χ4n) is 2.18. The van der Waals surface area contributed by atoms with E-state index in [-0.39, 0.29) is 6.04 Å². The normalized spacial score (nSPS) is 12.7. The molecule has 5 heteroatoms. The van der Waals surface area contributed by atoms with E-state index in [9.17, 15) is 0 Å². The molecule has 1 atom stereocenters. The third-order valence-electron chi connectivity index (χ3n) is 3.21. The number of nitrogens with zero attached hydrogens (tertiary/aromatic N) is 2. The van der Waals surface area contributed by atoms with Crippen LogP contribution in [-0.2, 0) is 13.5 Å². The van der Waals surface area contributed by atoms with Crippen molar-refractivity contribution in [2.24, 2.45) is 7.05 Å². The van der Waals surface area contributed by atoms with Crippen LogP contribution in [0, 0.1) is 10.5 Å². The lowest BCUT2D eigenvalue weighted by atomic mass is 10.0. The maximum atomic E-state index is 6.20. The Hall–Kier alpha value is -0.590. The number of halogens is 2. The van der Waals surface area contributed by atoms with Crippen molar-refractivity contribution in [1.29, 1.82) is 0 Å². The number of hydrogen-bond acceptors (Lipinski definition) is 2. The second-order valence-corrected chi connectivity index (χ2v) is 6.19. The summed E-state index contributed by atoms with van der Waals surface area (Å²) in [6.45, 7) is 2.01. The minimum absolute atomic E-state index is 0.240. The van der Waals surface area contributed by atoms with Gasteiger partial charge in [-0.15, -0.1) is 0 Å². The van der Waals surface area contributed by atoms with Crippen LogP contribution >= 0.6 is 34.2 Å². The number of hydrogen-bond donors (Lipinski definition) is 1. The first kappa shape index (κ1) is 14.8. The molecule has 1 N–H and O–H groups in total. The standard InChI is InChI=1S/C14H17ClIN3/c1-9-6-11(19(3)18-9)8-14(17-2)10-4-5-13(16)12(15)7-10/h4-7,14,17H,8H2,1-3H3. The van der Waals surface area contributed by atoms with E-state index in [1.807, 2.05) is 31.8 Å². The van der Waals surface area contributed by atoms with Gasteiger partial charge in [-0.05, 0) is 60.3 Å². The maximum absolute atomic E-state index is 6.20. The van der Waals surface area contributed by atoms with Crippen molar-refractivity contribution in [3.63, 3.8) is 0 Å². The van der Waals surface area contributed by atoms with Crippen molar-refractivity contribution in [3.8, 4) is 0 Å². The molecule has 0 aliphatic carbocycles. The van der Waals surface area contributed by atoms with Gasteiger partial charge in [-0.1, -0.05) is 17.7 Å². The lowest BCUT2D eigenvalue weighted by Crippen LogP contribution is -2.20. The number of benzene rings is 1. The van der Waals surface area contributed by atoms with E-state index in [0.717, 1.165) is 20.7 Å². The maximum Gasteiger partial charge on any atom is 0.0596 e. The van der Waals surface area contributed by atoms with Gasteiger partial charge in [0.2, 0.25) is 0 Å². The summed E-state index contributed by atoms with van der Waals surface area (Å²) in [4.78, 5) is 0. The highest BCUT2D eigenvalue weighted by Crippen LogP contribution is 2.25. The molecule has 2 aromatic rings. The Bertz CT molecular complexity index is 580.